The van der Waals surface area contributed by atoms with Crippen molar-refractivity contribution in [3.05, 3.63) is 54.1 Å². The number of hydrogen-bond acceptors (Lipinski definition) is 5. The standard InChI is InChI=1S/C20H26N2O5S/c1-4-15(2)22-28(24,25)18-11-9-17(10-12-18)27-14-20(23)21-13-16-7-5-6-8-19(16)26-3/h5-12,15,22H,4,13-14H2,1-3H3,(H,21,23)/t15-/m0/s1. The van der Waals surface area contributed by atoms with Gasteiger partial charge in [-0.1, -0.05) is 25.1 Å². The van der Waals surface area contributed by atoms with Crippen molar-refractivity contribution in [2.45, 2.75) is 37.8 Å². The Labute approximate surface area is 166 Å². The summed E-state index contributed by atoms with van der Waals surface area (Å²) in [6.07, 6.45) is 0.699. The van der Waals surface area contributed by atoms with Crippen LogP contribution in [0.1, 0.15) is 25.8 Å². The maximum absolute atomic E-state index is 12.2. The molecule has 2 N–H and O–H groups in total. The van der Waals surface area contributed by atoms with Gasteiger partial charge in [0.1, 0.15) is 11.5 Å². The van der Waals surface area contributed by atoms with Crippen molar-refractivity contribution in [3.8, 4) is 11.5 Å². The number of rotatable bonds is 10. The molecule has 0 heterocycles. The Morgan fingerprint density at radius 3 is 2.43 bits per heavy atom. The second-order valence-corrected chi connectivity index (χ2v) is 7.99. The summed E-state index contributed by atoms with van der Waals surface area (Å²) in [6.45, 7) is 3.86. The molecule has 2 rings (SSSR count). The van der Waals surface area contributed by atoms with Gasteiger partial charge in [0.25, 0.3) is 5.91 Å². The van der Waals surface area contributed by atoms with Crippen LogP contribution in [0.15, 0.2) is 53.4 Å². The van der Waals surface area contributed by atoms with E-state index in [0.29, 0.717) is 24.5 Å². The molecular weight excluding hydrogens is 380 g/mol. The van der Waals surface area contributed by atoms with Crippen molar-refractivity contribution >= 4 is 15.9 Å². The zero-order valence-electron chi connectivity index (χ0n) is 16.3. The average molecular weight is 407 g/mol. The molecule has 0 bridgehead atoms. The van der Waals surface area contributed by atoms with Crippen LogP contribution in [0, 0.1) is 0 Å². The molecule has 0 saturated heterocycles. The largest absolute Gasteiger partial charge is 0.496 e. The van der Waals surface area contributed by atoms with Gasteiger partial charge in [-0.25, -0.2) is 13.1 Å². The molecule has 2 aromatic carbocycles. The fourth-order valence-corrected chi connectivity index (χ4v) is 3.70. The first kappa shape index (κ1) is 21.7. The smallest absolute Gasteiger partial charge is 0.258 e. The van der Waals surface area contributed by atoms with Gasteiger partial charge >= 0.3 is 0 Å². The van der Waals surface area contributed by atoms with E-state index in [1.807, 2.05) is 31.2 Å². The Hall–Kier alpha value is -2.58. The fraction of sp³-hybridized carbons (Fsp3) is 0.350. The van der Waals surface area contributed by atoms with E-state index in [1.54, 1.807) is 14.0 Å². The Balaban J connectivity index is 1.86. The van der Waals surface area contributed by atoms with Crippen molar-refractivity contribution in [2.24, 2.45) is 0 Å². The minimum absolute atomic E-state index is 0.145. The van der Waals surface area contributed by atoms with E-state index < -0.39 is 10.0 Å². The predicted octanol–water partition coefficient (Wildman–Crippen LogP) is 2.47. The molecule has 0 radical (unpaired) electrons. The highest BCUT2D eigenvalue weighted by atomic mass is 32.2. The van der Waals surface area contributed by atoms with Gasteiger partial charge in [0, 0.05) is 18.2 Å². The summed E-state index contributed by atoms with van der Waals surface area (Å²) in [4.78, 5) is 12.1. The fourth-order valence-electron chi connectivity index (χ4n) is 2.37. The van der Waals surface area contributed by atoms with Crippen molar-refractivity contribution < 1.29 is 22.7 Å². The van der Waals surface area contributed by atoms with Gasteiger partial charge in [-0.05, 0) is 43.7 Å². The van der Waals surface area contributed by atoms with E-state index >= 15 is 0 Å². The van der Waals surface area contributed by atoms with E-state index in [2.05, 4.69) is 10.0 Å². The molecule has 1 atom stereocenters. The summed E-state index contributed by atoms with van der Waals surface area (Å²) in [5.41, 5.74) is 0.863. The molecule has 28 heavy (non-hydrogen) atoms. The second-order valence-electron chi connectivity index (χ2n) is 6.28. The third-order valence-corrected chi connectivity index (χ3v) is 5.75. The minimum atomic E-state index is -3.56. The highest BCUT2D eigenvalue weighted by molar-refractivity contribution is 7.89. The lowest BCUT2D eigenvalue weighted by atomic mass is 10.2. The van der Waals surface area contributed by atoms with Crippen molar-refractivity contribution in [1.29, 1.82) is 0 Å². The van der Waals surface area contributed by atoms with Gasteiger partial charge in [0.15, 0.2) is 6.61 Å². The zero-order chi connectivity index (χ0) is 20.6. The van der Waals surface area contributed by atoms with E-state index in [-0.39, 0.29) is 23.5 Å². The van der Waals surface area contributed by atoms with Gasteiger partial charge in [-0.2, -0.15) is 0 Å². The van der Waals surface area contributed by atoms with Gasteiger partial charge in [0.05, 0.1) is 12.0 Å². The molecule has 7 nitrogen and oxygen atoms in total. The molecule has 0 aliphatic carbocycles. The van der Waals surface area contributed by atoms with E-state index in [0.717, 1.165) is 5.56 Å². The summed E-state index contributed by atoms with van der Waals surface area (Å²) in [7, 11) is -1.99. The molecule has 0 unspecified atom stereocenters. The van der Waals surface area contributed by atoms with Crippen LogP contribution in [0.2, 0.25) is 0 Å². The first-order chi connectivity index (χ1) is 13.4. The minimum Gasteiger partial charge on any atom is -0.496 e. The molecule has 0 spiro atoms. The number of carbonyl (C=O) groups is 1. The summed E-state index contributed by atoms with van der Waals surface area (Å²) < 4.78 is 37.7. The molecule has 0 aliphatic heterocycles. The molecule has 0 aromatic heterocycles. The zero-order valence-corrected chi connectivity index (χ0v) is 17.1. The SMILES string of the molecule is CC[C@H](C)NS(=O)(=O)c1ccc(OCC(=O)NCc2ccccc2OC)cc1. The lowest BCUT2D eigenvalue weighted by Gasteiger charge is -2.13. The quantitative estimate of drug-likeness (QED) is 0.632. The lowest BCUT2D eigenvalue weighted by Crippen LogP contribution is -2.32. The van der Waals surface area contributed by atoms with Crippen LogP contribution >= 0.6 is 0 Å². The number of amides is 1. The van der Waals surface area contributed by atoms with Crippen LogP contribution in [-0.4, -0.2) is 34.1 Å². The predicted molar refractivity (Wildman–Crippen MR) is 107 cm³/mol. The first-order valence-corrected chi connectivity index (χ1v) is 10.5. The Morgan fingerprint density at radius 1 is 1.11 bits per heavy atom. The van der Waals surface area contributed by atoms with Crippen LogP contribution in [0.25, 0.3) is 0 Å². The third kappa shape index (κ3) is 6.24. The van der Waals surface area contributed by atoms with Gasteiger partial charge in [-0.15, -0.1) is 0 Å². The molecule has 0 saturated carbocycles. The Kier molecular flexibility index (Phi) is 7.83. The maximum Gasteiger partial charge on any atom is 0.258 e. The number of ether oxygens (including phenoxy) is 2. The third-order valence-electron chi connectivity index (χ3n) is 4.14. The topological polar surface area (TPSA) is 93.7 Å². The molecule has 2 aromatic rings. The van der Waals surface area contributed by atoms with Crippen molar-refractivity contribution in [1.82, 2.24) is 10.0 Å². The summed E-state index contributed by atoms with van der Waals surface area (Å²) in [5.74, 6) is 0.822. The number of methoxy groups -OCH3 is 1. The molecule has 8 heteroatoms. The summed E-state index contributed by atoms with van der Waals surface area (Å²) >= 11 is 0. The number of sulfonamides is 1. The number of hydrogen-bond donors (Lipinski definition) is 2. The maximum atomic E-state index is 12.2. The van der Waals surface area contributed by atoms with Crippen LogP contribution < -0.4 is 19.5 Å². The van der Waals surface area contributed by atoms with Crippen LogP contribution in [-0.2, 0) is 21.4 Å². The highest BCUT2D eigenvalue weighted by Crippen LogP contribution is 2.18. The van der Waals surface area contributed by atoms with Crippen molar-refractivity contribution in [2.75, 3.05) is 13.7 Å². The van der Waals surface area contributed by atoms with Crippen molar-refractivity contribution in [3.63, 3.8) is 0 Å². The summed E-state index contributed by atoms with van der Waals surface area (Å²) in [5, 5.41) is 2.76. The van der Waals surface area contributed by atoms with Crippen LogP contribution in [0.4, 0.5) is 0 Å². The van der Waals surface area contributed by atoms with E-state index in [1.165, 1.54) is 24.3 Å². The van der Waals surface area contributed by atoms with Gasteiger partial charge < -0.3 is 14.8 Å². The molecule has 1 amide bonds. The van der Waals surface area contributed by atoms with E-state index in [9.17, 15) is 13.2 Å². The second kappa shape index (κ2) is 10.1. The molecule has 0 aliphatic rings. The normalized spacial score (nSPS) is 12.2. The average Bonchev–Trinajstić information content (AvgIpc) is 2.70. The number of nitrogens with one attached hydrogen (secondary N) is 2. The summed E-state index contributed by atoms with van der Waals surface area (Å²) in [6, 6.07) is 13.2. The van der Waals surface area contributed by atoms with Crippen LogP contribution in [0.3, 0.4) is 0 Å². The molecule has 0 fully saturated rings. The van der Waals surface area contributed by atoms with Crippen LogP contribution in [0.5, 0.6) is 11.5 Å². The monoisotopic (exact) mass is 406 g/mol. The number of benzene rings is 2. The van der Waals surface area contributed by atoms with E-state index in [4.69, 9.17) is 9.47 Å². The Morgan fingerprint density at radius 2 is 1.79 bits per heavy atom. The lowest BCUT2D eigenvalue weighted by molar-refractivity contribution is -0.123. The first-order valence-electron chi connectivity index (χ1n) is 8.99. The highest BCUT2D eigenvalue weighted by Gasteiger charge is 2.16. The number of para-hydroxylation sites is 1. The number of carbonyl (C=O) groups excluding carboxylic acids is 1. The van der Waals surface area contributed by atoms with Gasteiger partial charge in [0.2, 0.25) is 10.0 Å². The molecular formula is C20H26N2O5S. The van der Waals surface area contributed by atoms with Gasteiger partial charge in [-0.3, -0.25) is 4.79 Å². The Bertz CT molecular complexity index is 882. The molecule has 152 valence electrons.